The van der Waals surface area contributed by atoms with Crippen molar-refractivity contribution in [1.82, 2.24) is 19.6 Å². The van der Waals surface area contributed by atoms with Crippen LogP contribution in [0, 0.1) is 0 Å². The van der Waals surface area contributed by atoms with E-state index in [1.54, 1.807) is 0 Å². The van der Waals surface area contributed by atoms with E-state index >= 15 is 0 Å². The fourth-order valence-corrected chi connectivity index (χ4v) is 3.99. The summed E-state index contributed by atoms with van der Waals surface area (Å²) in [5, 5.41) is 0. The Kier molecular flexibility index (Phi) is 5.33. The molecular formula is C16H31N5O. The lowest BCUT2D eigenvalue weighted by atomic mass is 10.0. The van der Waals surface area contributed by atoms with Crippen molar-refractivity contribution in [2.24, 2.45) is 5.73 Å². The van der Waals surface area contributed by atoms with Crippen molar-refractivity contribution in [3.63, 3.8) is 0 Å². The number of piperazine rings is 1. The summed E-state index contributed by atoms with van der Waals surface area (Å²) in [5.41, 5.74) is 5.91. The second-order valence-electron chi connectivity index (χ2n) is 7.24. The molecule has 0 spiro atoms. The fraction of sp³-hybridized carbons (Fsp3) is 0.938. The fourth-order valence-electron chi connectivity index (χ4n) is 3.99. The highest BCUT2D eigenvalue weighted by Gasteiger charge is 2.29. The third-order valence-electron chi connectivity index (χ3n) is 5.54. The molecule has 22 heavy (non-hydrogen) atoms. The van der Waals surface area contributed by atoms with Crippen LogP contribution in [0.25, 0.3) is 0 Å². The van der Waals surface area contributed by atoms with Gasteiger partial charge in [0.25, 0.3) is 0 Å². The topological polar surface area (TPSA) is 56.0 Å². The number of hydrogen-bond acceptors (Lipinski definition) is 5. The summed E-state index contributed by atoms with van der Waals surface area (Å²) < 4.78 is 0. The van der Waals surface area contributed by atoms with E-state index in [2.05, 4.69) is 26.6 Å². The third kappa shape index (κ3) is 3.98. The zero-order chi connectivity index (χ0) is 15.5. The average molecular weight is 309 g/mol. The van der Waals surface area contributed by atoms with Crippen LogP contribution in [-0.2, 0) is 4.79 Å². The normalized spacial score (nSPS) is 30.1. The standard InChI is InChI=1S/C16H31N5O/c1-18-5-3-15(4-6-18)20-8-10-21(11-9-20)16(22)13-19-7-2-14(17)12-19/h14-15H,2-13,17H2,1H3/t14-/m0/s1. The van der Waals surface area contributed by atoms with Crippen LogP contribution in [0.5, 0.6) is 0 Å². The molecule has 1 amide bonds. The van der Waals surface area contributed by atoms with Gasteiger partial charge in [0, 0.05) is 51.4 Å². The molecule has 6 nitrogen and oxygen atoms in total. The molecule has 126 valence electrons. The molecule has 3 heterocycles. The molecule has 3 aliphatic rings. The van der Waals surface area contributed by atoms with E-state index in [0.717, 1.165) is 51.7 Å². The van der Waals surface area contributed by atoms with E-state index in [1.165, 1.54) is 25.9 Å². The Morgan fingerprint density at radius 3 is 2.27 bits per heavy atom. The quantitative estimate of drug-likeness (QED) is 0.744. The van der Waals surface area contributed by atoms with Gasteiger partial charge in [0.05, 0.1) is 6.54 Å². The van der Waals surface area contributed by atoms with Crippen molar-refractivity contribution in [2.75, 3.05) is 66.0 Å². The van der Waals surface area contributed by atoms with Crippen LogP contribution < -0.4 is 5.73 Å². The van der Waals surface area contributed by atoms with Gasteiger partial charge in [0.2, 0.25) is 5.91 Å². The van der Waals surface area contributed by atoms with Crippen molar-refractivity contribution in [3.8, 4) is 0 Å². The maximum atomic E-state index is 12.4. The molecule has 0 aromatic heterocycles. The summed E-state index contributed by atoms with van der Waals surface area (Å²) in [6, 6.07) is 0.985. The number of amides is 1. The minimum atomic E-state index is 0.258. The summed E-state index contributed by atoms with van der Waals surface area (Å²) in [4.78, 5) is 21.7. The molecule has 0 bridgehead atoms. The van der Waals surface area contributed by atoms with Crippen molar-refractivity contribution >= 4 is 5.91 Å². The summed E-state index contributed by atoms with van der Waals surface area (Å²) >= 11 is 0. The van der Waals surface area contributed by atoms with E-state index in [0.29, 0.717) is 6.54 Å². The summed E-state index contributed by atoms with van der Waals surface area (Å²) in [6.45, 7) is 8.69. The number of carbonyl (C=O) groups excluding carboxylic acids is 1. The molecule has 3 aliphatic heterocycles. The van der Waals surface area contributed by atoms with Gasteiger partial charge in [-0.05, 0) is 39.4 Å². The Bertz CT molecular complexity index is 375. The van der Waals surface area contributed by atoms with Crippen LogP contribution in [0.3, 0.4) is 0 Å². The first-order valence-electron chi connectivity index (χ1n) is 8.80. The van der Waals surface area contributed by atoms with Crippen molar-refractivity contribution in [2.45, 2.75) is 31.3 Å². The number of rotatable bonds is 3. The number of hydrogen-bond donors (Lipinski definition) is 1. The van der Waals surface area contributed by atoms with Crippen LogP contribution in [0.2, 0.25) is 0 Å². The van der Waals surface area contributed by atoms with Gasteiger partial charge in [-0.3, -0.25) is 14.6 Å². The van der Waals surface area contributed by atoms with Crippen LogP contribution in [-0.4, -0.2) is 104 Å². The Morgan fingerprint density at radius 1 is 1.00 bits per heavy atom. The second-order valence-corrected chi connectivity index (χ2v) is 7.24. The average Bonchev–Trinajstić information content (AvgIpc) is 2.93. The molecule has 3 saturated heterocycles. The van der Waals surface area contributed by atoms with Crippen LogP contribution in [0.1, 0.15) is 19.3 Å². The number of piperidine rings is 1. The van der Waals surface area contributed by atoms with Crippen molar-refractivity contribution < 1.29 is 4.79 Å². The van der Waals surface area contributed by atoms with E-state index in [9.17, 15) is 4.79 Å². The van der Waals surface area contributed by atoms with E-state index in [-0.39, 0.29) is 11.9 Å². The Labute approximate surface area is 134 Å². The van der Waals surface area contributed by atoms with Crippen molar-refractivity contribution in [1.29, 1.82) is 0 Å². The molecule has 0 radical (unpaired) electrons. The van der Waals surface area contributed by atoms with Gasteiger partial charge in [0.15, 0.2) is 0 Å². The SMILES string of the molecule is CN1CCC(N2CCN(C(=O)CN3CC[C@H](N)C3)CC2)CC1. The molecule has 2 N–H and O–H groups in total. The Morgan fingerprint density at radius 2 is 1.68 bits per heavy atom. The molecule has 0 aromatic rings. The highest BCUT2D eigenvalue weighted by atomic mass is 16.2. The molecule has 6 heteroatoms. The monoisotopic (exact) mass is 309 g/mol. The first kappa shape index (κ1) is 16.2. The zero-order valence-corrected chi connectivity index (χ0v) is 13.9. The Balaban J connectivity index is 1.40. The van der Waals surface area contributed by atoms with E-state index < -0.39 is 0 Å². The lowest BCUT2D eigenvalue weighted by molar-refractivity contribution is -0.134. The van der Waals surface area contributed by atoms with Gasteiger partial charge < -0.3 is 15.5 Å². The Hall–Kier alpha value is -0.690. The summed E-state index contributed by atoms with van der Waals surface area (Å²) in [7, 11) is 2.21. The van der Waals surface area contributed by atoms with Crippen LogP contribution in [0.4, 0.5) is 0 Å². The number of nitrogens with two attached hydrogens (primary N) is 1. The summed E-state index contributed by atoms with van der Waals surface area (Å²) in [6.07, 6.45) is 3.57. The maximum Gasteiger partial charge on any atom is 0.236 e. The summed E-state index contributed by atoms with van der Waals surface area (Å²) in [5.74, 6) is 0.289. The van der Waals surface area contributed by atoms with Crippen LogP contribution in [0.15, 0.2) is 0 Å². The molecular weight excluding hydrogens is 278 g/mol. The van der Waals surface area contributed by atoms with E-state index in [4.69, 9.17) is 5.73 Å². The largest absolute Gasteiger partial charge is 0.339 e. The zero-order valence-electron chi connectivity index (χ0n) is 13.9. The number of nitrogens with zero attached hydrogens (tertiary/aromatic N) is 4. The highest BCUT2D eigenvalue weighted by Crippen LogP contribution is 2.17. The predicted octanol–water partition coefficient (Wildman–Crippen LogP) is -0.742. The maximum absolute atomic E-state index is 12.4. The van der Waals surface area contributed by atoms with Gasteiger partial charge >= 0.3 is 0 Å². The highest BCUT2D eigenvalue weighted by molar-refractivity contribution is 5.78. The van der Waals surface area contributed by atoms with E-state index in [1.807, 2.05) is 0 Å². The molecule has 0 unspecified atom stereocenters. The second kappa shape index (κ2) is 7.25. The first-order valence-corrected chi connectivity index (χ1v) is 8.80. The molecule has 3 fully saturated rings. The van der Waals surface area contributed by atoms with Crippen LogP contribution >= 0.6 is 0 Å². The van der Waals surface area contributed by atoms with Gasteiger partial charge in [-0.1, -0.05) is 0 Å². The molecule has 1 atom stereocenters. The number of carbonyl (C=O) groups is 1. The molecule has 0 saturated carbocycles. The third-order valence-corrected chi connectivity index (χ3v) is 5.54. The first-order chi connectivity index (χ1) is 10.6. The van der Waals surface area contributed by atoms with Gasteiger partial charge in [-0.25, -0.2) is 0 Å². The minimum Gasteiger partial charge on any atom is -0.339 e. The smallest absolute Gasteiger partial charge is 0.236 e. The lowest BCUT2D eigenvalue weighted by Crippen LogP contribution is -2.55. The van der Waals surface area contributed by atoms with Crippen molar-refractivity contribution in [3.05, 3.63) is 0 Å². The molecule has 0 aromatic carbocycles. The van der Waals surface area contributed by atoms with Gasteiger partial charge in [-0.15, -0.1) is 0 Å². The molecule has 0 aliphatic carbocycles. The molecule has 3 rings (SSSR count). The predicted molar refractivity (Wildman–Crippen MR) is 87.7 cm³/mol. The lowest BCUT2D eigenvalue weighted by Gasteiger charge is -2.42. The number of likely N-dealkylation sites (tertiary alicyclic amines) is 2. The van der Waals surface area contributed by atoms with Gasteiger partial charge in [0.1, 0.15) is 0 Å². The van der Waals surface area contributed by atoms with Gasteiger partial charge in [-0.2, -0.15) is 0 Å². The minimum absolute atomic E-state index is 0.258.